The third kappa shape index (κ3) is 4.32. The Morgan fingerprint density at radius 3 is 2.48 bits per heavy atom. The number of aromatic nitrogens is 1. The summed E-state index contributed by atoms with van der Waals surface area (Å²) in [6.45, 7) is 12.7. The highest BCUT2D eigenvalue weighted by Crippen LogP contribution is 2.47. The summed E-state index contributed by atoms with van der Waals surface area (Å²) in [5.74, 6) is 0. The maximum absolute atomic E-state index is 12.7. The predicted molar refractivity (Wildman–Crippen MR) is 110 cm³/mol. The zero-order valence-corrected chi connectivity index (χ0v) is 18.6. The lowest BCUT2D eigenvalue weighted by Gasteiger charge is -2.39. The molecule has 1 aromatic heterocycles. The Morgan fingerprint density at radius 1 is 1.30 bits per heavy atom. The minimum absolute atomic E-state index is 0.172. The first-order chi connectivity index (χ1) is 12.4. The summed E-state index contributed by atoms with van der Waals surface area (Å²) in [5.41, 5.74) is 3.15. The summed E-state index contributed by atoms with van der Waals surface area (Å²) >= 11 is 0.258. The zero-order valence-electron chi connectivity index (χ0n) is 17.0. The van der Waals surface area contributed by atoms with Crippen LogP contribution in [0, 0.1) is 5.41 Å². The predicted octanol–water partition coefficient (Wildman–Crippen LogP) is 3.97. The van der Waals surface area contributed by atoms with Crippen LogP contribution in [0.4, 0.5) is 4.79 Å². The molecule has 1 amide bonds. The molecular formula is C19H29N3O3S2. The Labute approximate surface area is 168 Å². The molecule has 0 N–H and O–H groups in total. The number of likely N-dealkylation sites (tertiary alicyclic amines) is 1. The highest BCUT2D eigenvalue weighted by molar-refractivity contribution is 7.91. The van der Waals surface area contributed by atoms with Crippen LogP contribution in [-0.4, -0.2) is 49.7 Å². The largest absolute Gasteiger partial charge is 0.591 e. The molecule has 150 valence electrons. The Morgan fingerprint density at radius 2 is 1.93 bits per heavy atom. The van der Waals surface area contributed by atoms with Crippen molar-refractivity contribution in [3.63, 3.8) is 0 Å². The van der Waals surface area contributed by atoms with Crippen molar-refractivity contribution in [2.75, 3.05) is 13.1 Å². The average Bonchev–Trinajstić information content (AvgIpc) is 3.07. The van der Waals surface area contributed by atoms with E-state index in [1.807, 2.05) is 47.1 Å². The van der Waals surface area contributed by atoms with Crippen LogP contribution in [0.1, 0.15) is 65.0 Å². The molecule has 1 fully saturated rings. The second-order valence-electron chi connectivity index (χ2n) is 9.35. The number of rotatable bonds is 1. The molecule has 1 saturated heterocycles. The van der Waals surface area contributed by atoms with Crippen molar-refractivity contribution in [3.05, 3.63) is 16.1 Å². The molecule has 1 aromatic rings. The number of fused-ring (bicyclic) bond motifs is 1. The van der Waals surface area contributed by atoms with Crippen molar-refractivity contribution in [1.82, 2.24) is 9.88 Å². The zero-order chi connectivity index (χ0) is 20.0. The first-order valence-corrected chi connectivity index (χ1v) is 11.3. The molecule has 0 aromatic carbocycles. The first-order valence-electron chi connectivity index (χ1n) is 9.33. The van der Waals surface area contributed by atoms with Crippen molar-refractivity contribution in [2.45, 2.75) is 71.2 Å². The van der Waals surface area contributed by atoms with Gasteiger partial charge in [-0.1, -0.05) is 4.40 Å². The number of carbonyl (C=O) groups is 1. The smallest absolute Gasteiger partial charge is 0.410 e. The summed E-state index contributed by atoms with van der Waals surface area (Å²) in [6.07, 6.45) is 2.12. The van der Waals surface area contributed by atoms with E-state index >= 15 is 0 Å². The van der Waals surface area contributed by atoms with Gasteiger partial charge in [-0.25, -0.2) is 9.78 Å². The van der Waals surface area contributed by atoms with Gasteiger partial charge in [0.1, 0.15) is 27.4 Å². The van der Waals surface area contributed by atoms with Crippen LogP contribution in [0.5, 0.6) is 0 Å². The molecule has 0 bridgehead atoms. The minimum atomic E-state index is -1.32. The third-order valence-electron chi connectivity index (χ3n) is 4.93. The number of hydrogen-bond acceptors (Lipinski definition) is 6. The second-order valence-corrected chi connectivity index (χ2v) is 12.1. The van der Waals surface area contributed by atoms with Crippen LogP contribution in [0.3, 0.4) is 0 Å². The van der Waals surface area contributed by atoms with Crippen LogP contribution >= 0.6 is 11.3 Å². The van der Waals surface area contributed by atoms with E-state index in [2.05, 4.69) is 4.98 Å². The van der Waals surface area contributed by atoms with Gasteiger partial charge in [-0.15, -0.1) is 11.3 Å². The van der Waals surface area contributed by atoms with Gasteiger partial charge in [0.2, 0.25) is 0 Å². The fourth-order valence-electron chi connectivity index (χ4n) is 3.45. The molecule has 1 atom stereocenters. The van der Waals surface area contributed by atoms with Crippen molar-refractivity contribution in [2.24, 2.45) is 9.81 Å². The summed E-state index contributed by atoms with van der Waals surface area (Å²) in [7, 11) is 0. The van der Waals surface area contributed by atoms with E-state index in [9.17, 15) is 9.35 Å². The highest BCUT2D eigenvalue weighted by atomic mass is 32.2. The second kappa shape index (κ2) is 7.04. The van der Waals surface area contributed by atoms with Crippen molar-refractivity contribution in [1.29, 1.82) is 0 Å². The molecule has 8 heteroatoms. The number of thiazole rings is 1. The number of ether oxygens (including phenoxy) is 1. The molecule has 0 unspecified atom stereocenters. The van der Waals surface area contributed by atoms with Gasteiger partial charge in [0.15, 0.2) is 0 Å². The van der Waals surface area contributed by atoms with Gasteiger partial charge in [-0.2, -0.15) is 0 Å². The maximum atomic E-state index is 12.7. The van der Waals surface area contributed by atoms with Gasteiger partial charge in [-0.05, 0) is 54.4 Å². The number of nitrogens with zero attached hydrogens (tertiary/aromatic N) is 3. The monoisotopic (exact) mass is 411 g/mol. The van der Waals surface area contributed by atoms with Gasteiger partial charge < -0.3 is 14.2 Å². The van der Waals surface area contributed by atoms with E-state index in [1.165, 1.54) is 0 Å². The Balaban J connectivity index is 1.81. The SMILES string of the molecule is CC(C)(C)OC(=O)N1CCC2(CC1)Cc1ncsc1/C2=N\[S@@+]([O-])C(C)(C)C. The van der Waals surface area contributed by atoms with E-state index < -0.39 is 21.7 Å². The van der Waals surface area contributed by atoms with Crippen LogP contribution < -0.4 is 0 Å². The lowest BCUT2D eigenvalue weighted by molar-refractivity contribution is 0.0159. The molecule has 3 rings (SSSR count). The van der Waals surface area contributed by atoms with Gasteiger partial charge in [0.05, 0.1) is 16.1 Å². The number of carbonyl (C=O) groups excluding carboxylic acids is 1. The molecule has 1 aliphatic carbocycles. The lowest BCUT2D eigenvalue weighted by Crippen LogP contribution is -2.47. The highest BCUT2D eigenvalue weighted by Gasteiger charge is 2.49. The topological polar surface area (TPSA) is 77.8 Å². The van der Waals surface area contributed by atoms with Gasteiger partial charge in [0, 0.05) is 24.9 Å². The van der Waals surface area contributed by atoms with Crippen molar-refractivity contribution < 1.29 is 14.1 Å². The number of amides is 1. The Kier molecular flexibility index (Phi) is 5.38. The lowest BCUT2D eigenvalue weighted by atomic mass is 9.75. The molecule has 6 nitrogen and oxygen atoms in total. The molecule has 2 aliphatic rings. The molecule has 0 saturated carbocycles. The molecule has 2 heterocycles. The molecule has 1 aliphatic heterocycles. The fourth-order valence-corrected chi connectivity index (χ4v) is 5.15. The van der Waals surface area contributed by atoms with Crippen LogP contribution in [-0.2, 0) is 22.5 Å². The van der Waals surface area contributed by atoms with Gasteiger partial charge >= 0.3 is 6.09 Å². The van der Waals surface area contributed by atoms with E-state index in [4.69, 9.17) is 9.13 Å². The minimum Gasteiger partial charge on any atom is -0.591 e. The first kappa shape index (κ1) is 20.6. The maximum Gasteiger partial charge on any atom is 0.410 e. The Bertz CT molecular complexity index is 738. The molecule has 1 spiro atoms. The van der Waals surface area contributed by atoms with Crippen molar-refractivity contribution >= 4 is 34.5 Å². The molecule has 27 heavy (non-hydrogen) atoms. The fraction of sp³-hybridized carbons (Fsp3) is 0.737. The number of piperidine rings is 1. The van der Waals surface area contributed by atoms with Crippen molar-refractivity contribution in [3.8, 4) is 0 Å². The quantitative estimate of drug-likeness (QED) is 0.655. The average molecular weight is 412 g/mol. The van der Waals surface area contributed by atoms with Gasteiger partial charge in [-0.3, -0.25) is 0 Å². The van der Waals surface area contributed by atoms with E-state index in [1.54, 1.807) is 16.2 Å². The summed E-state index contributed by atoms with van der Waals surface area (Å²) < 4.78 is 22.5. The normalized spacial score (nSPS) is 22.2. The summed E-state index contributed by atoms with van der Waals surface area (Å²) in [4.78, 5) is 19.7. The van der Waals surface area contributed by atoms with Crippen LogP contribution in [0.2, 0.25) is 0 Å². The van der Waals surface area contributed by atoms with E-state index in [0.717, 1.165) is 35.5 Å². The van der Waals surface area contributed by atoms with Crippen LogP contribution in [0.15, 0.2) is 9.91 Å². The third-order valence-corrected chi connectivity index (χ3v) is 7.21. The van der Waals surface area contributed by atoms with E-state index in [-0.39, 0.29) is 11.5 Å². The number of hydrogen-bond donors (Lipinski definition) is 0. The molecular weight excluding hydrogens is 382 g/mol. The van der Waals surface area contributed by atoms with Crippen LogP contribution in [0.25, 0.3) is 0 Å². The summed E-state index contributed by atoms with van der Waals surface area (Å²) in [5, 5.41) is 0. The standard InChI is InChI=1S/C19H29N3O3S2/c1-17(2,3)25-16(23)22-9-7-19(8-10-22)11-13-14(26-12-20-13)15(19)21-27(24)18(4,5)6/h12H,7-11H2,1-6H3/b21-15+/t27-/m0/s1. The summed E-state index contributed by atoms with van der Waals surface area (Å²) in [6, 6.07) is 0. The van der Waals surface area contributed by atoms with Gasteiger partial charge in [0.25, 0.3) is 0 Å². The van der Waals surface area contributed by atoms with E-state index in [0.29, 0.717) is 13.1 Å². The Hall–Kier alpha value is -1.12. The molecule has 0 radical (unpaired) electrons.